The molecule has 1 fully saturated rings. The molecule has 1 N–H and O–H groups in total. The fourth-order valence-electron chi connectivity index (χ4n) is 1.80. The number of nitrogens with one attached hydrogen (secondary N) is 1. The second kappa shape index (κ2) is 6.45. The molecule has 0 spiro atoms. The standard InChI is InChI=1S/C12H15F3N2O.ClH/c1-17(10-6-16-7-10)8-9-2-4-11(5-3-9)18-12(13,14)15;/h2-5,10,16H,6-8H2,1H3;1H. The van der Waals surface area contributed by atoms with Gasteiger partial charge in [0.25, 0.3) is 0 Å². The van der Waals surface area contributed by atoms with Crippen molar-refractivity contribution >= 4 is 12.4 Å². The summed E-state index contributed by atoms with van der Waals surface area (Å²) in [5, 5.41) is 3.18. The number of nitrogens with zero attached hydrogens (tertiary/aromatic N) is 1. The van der Waals surface area contributed by atoms with Crippen LogP contribution in [0.4, 0.5) is 13.2 Å². The lowest BCUT2D eigenvalue weighted by Crippen LogP contribution is -2.55. The van der Waals surface area contributed by atoms with Crippen LogP contribution in [0, 0.1) is 0 Å². The molecule has 1 aliphatic rings. The van der Waals surface area contributed by atoms with E-state index in [0.29, 0.717) is 6.04 Å². The molecule has 1 aromatic rings. The predicted molar refractivity (Wildman–Crippen MR) is 68.5 cm³/mol. The topological polar surface area (TPSA) is 24.5 Å². The van der Waals surface area contributed by atoms with Gasteiger partial charge in [0.15, 0.2) is 0 Å². The first-order valence-electron chi connectivity index (χ1n) is 5.70. The molecule has 0 amide bonds. The van der Waals surface area contributed by atoms with Crippen LogP contribution in [0.1, 0.15) is 5.56 Å². The lowest BCUT2D eigenvalue weighted by molar-refractivity contribution is -0.274. The van der Waals surface area contributed by atoms with Gasteiger partial charge in [-0.05, 0) is 24.7 Å². The van der Waals surface area contributed by atoms with Crippen LogP contribution in [0.25, 0.3) is 0 Å². The highest BCUT2D eigenvalue weighted by Gasteiger charge is 2.31. The summed E-state index contributed by atoms with van der Waals surface area (Å²) < 4.78 is 39.7. The number of halogens is 4. The van der Waals surface area contributed by atoms with E-state index < -0.39 is 6.36 Å². The minimum absolute atomic E-state index is 0. The van der Waals surface area contributed by atoms with Crippen molar-refractivity contribution in [2.45, 2.75) is 18.9 Å². The predicted octanol–water partition coefficient (Wildman–Crippen LogP) is 2.41. The van der Waals surface area contributed by atoms with E-state index in [1.165, 1.54) is 12.1 Å². The van der Waals surface area contributed by atoms with Gasteiger partial charge in [0.2, 0.25) is 0 Å². The molecular formula is C12H16ClF3N2O. The zero-order valence-electron chi connectivity index (χ0n) is 10.4. The fourth-order valence-corrected chi connectivity index (χ4v) is 1.80. The number of alkyl halides is 3. The largest absolute Gasteiger partial charge is 0.573 e. The molecule has 19 heavy (non-hydrogen) atoms. The third kappa shape index (κ3) is 4.89. The summed E-state index contributed by atoms with van der Waals surface area (Å²) in [6.45, 7) is 2.65. The Bertz CT molecular complexity index is 393. The third-order valence-electron chi connectivity index (χ3n) is 2.97. The Hall–Kier alpha value is -0.980. The van der Waals surface area contributed by atoms with Crippen molar-refractivity contribution < 1.29 is 17.9 Å². The Labute approximate surface area is 116 Å². The number of benzene rings is 1. The van der Waals surface area contributed by atoms with E-state index in [1.807, 2.05) is 7.05 Å². The van der Waals surface area contributed by atoms with Crippen LogP contribution in [0.3, 0.4) is 0 Å². The van der Waals surface area contributed by atoms with Crippen LogP contribution in [-0.2, 0) is 6.54 Å². The average Bonchev–Trinajstić information content (AvgIpc) is 2.16. The molecule has 0 aromatic heterocycles. The smallest absolute Gasteiger partial charge is 0.406 e. The van der Waals surface area contributed by atoms with Gasteiger partial charge in [-0.1, -0.05) is 12.1 Å². The van der Waals surface area contributed by atoms with Gasteiger partial charge in [0.1, 0.15) is 5.75 Å². The zero-order valence-corrected chi connectivity index (χ0v) is 11.2. The molecule has 108 valence electrons. The number of hydrogen-bond acceptors (Lipinski definition) is 3. The van der Waals surface area contributed by atoms with Crippen molar-refractivity contribution in [1.82, 2.24) is 10.2 Å². The van der Waals surface area contributed by atoms with E-state index in [-0.39, 0.29) is 18.2 Å². The molecular weight excluding hydrogens is 281 g/mol. The van der Waals surface area contributed by atoms with Crippen molar-refractivity contribution in [3.8, 4) is 5.75 Å². The minimum atomic E-state index is -4.63. The van der Waals surface area contributed by atoms with Crippen LogP contribution in [-0.4, -0.2) is 37.4 Å². The SMILES string of the molecule is CN(Cc1ccc(OC(F)(F)F)cc1)C1CNC1.Cl. The van der Waals surface area contributed by atoms with Crippen molar-refractivity contribution in [1.29, 1.82) is 0 Å². The number of ether oxygens (including phenoxy) is 1. The maximum Gasteiger partial charge on any atom is 0.573 e. The highest BCUT2D eigenvalue weighted by molar-refractivity contribution is 5.85. The van der Waals surface area contributed by atoms with Gasteiger partial charge in [-0.2, -0.15) is 0 Å². The maximum absolute atomic E-state index is 12.0. The van der Waals surface area contributed by atoms with Crippen molar-refractivity contribution in [3.05, 3.63) is 29.8 Å². The number of likely N-dealkylation sites (N-methyl/N-ethyl adjacent to an activating group) is 1. The normalized spacial score (nSPS) is 15.8. The Balaban J connectivity index is 0.00000180. The first-order valence-corrected chi connectivity index (χ1v) is 5.70. The van der Waals surface area contributed by atoms with Crippen molar-refractivity contribution in [2.24, 2.45) is 0 Å². The third-order valence-corrected chi connectivity index (χ3v) is 2.97. The molecule has 1 aliphatic heterocycles. The summed E-state index contributed by atoms with van der Waals surface area (Å²) in [6.07, 6.45) is -4.63. The van der Waals surface area contributed by atoms with Gasteiger partial charge < -0.3 is 10.1 Å². The molecule has 0 radical (unpaired) electrons. The molecule has 0 unspecified atom stereocenters. The van der Waals surface area contributed by atoms with Crippen molar-refractivity contribution in [2.75, 3.05) is 20.1 Å². The Morgan fingerprint density at radius 3 is 2.26 bits per heavy atom. The van der Waals surface area contributed by atoms with Crippen LogP contribution in [0.2, 0.25) is 0 Å². The summed E-state index contributed by atoms with van der Waals surface area (Å²) in [5.74, 6) is -0.181. The first-order chi connectivity index (χ1) is 8.44. The van der Waals surface area contributed by atoms with E-state index in [9.17, 15) is 13.2 Å². The molecule has 3 nitrogen and oxygen atoms in total. The number of rotatable bonds is 4. The summed E-state index contributed by atoms with van der Waals surface area (Å²) in [7, 11) is 2.01. The summed E-state index contributed by atoms with van der Waals surface area (Å²) in [5.41, 5.74) is 0.971. The molecule has 0 bridgehead atoms. The van der Waals surface area contributed by atoms with Gasteiger partial charge in [0.05, 0.1) is 0 Å². The molecule has 0 atom stereocenters. The maximum atomic E-state index is 12.0. The molecule has 0 aliphatic carbocycles. The first kappa shape index (κ1) is 16.1. The van der Waals surface area contributed by atoms with Gasteiger partial charge in [-0.3, -0.25) is 4.90 Å². The van der Waals surface area contributed by atoms with Crippen molar-refractivity contribution in [3.63, 3.8) is 0 Å². The second-order valence-electron chi connectivity index (χ2n) is 4.42. The fraction of sp³-hybridized carbons (Fsp3) is 0.500. The Morgan fingerprint density at radius 2 is 1.84 bits per heavy atom. The van der Waals surface area contributed by atoms with Gasteiger partial charge in [-0.15, -0.1) is 25.6 Å². The Kier molecular flexibility index (Phi) is 5.46. The molecule has 2 rings (SSSR count). The quantitative estimate of drug-likeness (QED) is 0.923. The summed E-state index contributed by atoms with van der Waals surface area (Å²) in [6, 6.07) is 6.51. The highest BCUT2D eigenvalue weighted by atomic mass is 35.5. The molecule has 1 aromatic carbocycles. The summed E-state index contributed by atoms with van der Waals surface area (Å²) >= 11 is 0. The van der Waals surface area contributed by atoms with E-state index in [2.05, 4.69) is 15.0 Å². The van der Waals surface area contributed by atoms with E-state index in [1.54, 1.807) is 12.1 Å². The van der Waals surface area contributed by atoms with E-state index in [4.69, 9.17) is 0 Å². The average molecular weight is 297 g/mol. The van der Waals surface area contributed by atoms with E-state index >= 15 is 0 Å². The molecule has 1 heterocycles. The van der Waals surface area contributed by atoms with Crippen LogP contribution >= 0.6 is 12.4 Å². The molecule has 0 saturated carbocycles. The molecule has 1 saturated heterocycles. The van der Waals surface area contributed by atoms with Crippen LogP contribution in [0.15, 0.2) is 24.3 Å². The second-order valence-corrected chi connectivity index (χ2v) is 4.42. The lowest BCUT2D eigenvalue weighted by Gasteiger charge is -2.35. The van der Waals surface area contributed by atoms with E-state index in [0.717, 1.165) is 25.2 Å². The van der Waals surface area contributed by atoms with Crippen LogP contribution in [0.5, 0.6) is 5.75 Å². The Morgan fingerprint density at radius 1 is 1.26 bits per heavy atom. The van der Waals surface area contributed by atoms with Gasteiger partial charge >= 0.3 is 6.36 Å². The summed E-state index contributed by atoms with van der Waals surface area (Å²) in [4.78, 5) is 2.18. The minimum Gasteiger partial charge on any atom is -0.406 e. The lowest BCUT2D eigenvalue weighted by atomic mass is 10.1. The van der Waals surface area contributed by atoms with Gasteiger partial charge in [0, 0.05) is 25.7 Å². The number of hydrogen-bond donors (Lipinski definition) is 1. The highest BCUT2D eigenvalue weighted by Crippen LogP contribution is 2.23. The van der Waals surface area contributed by atoms with Crippen LogP contribution < -0.4 is 10.1 Å². The molecule has 7 heteroatoms. The van der Waals surface area contributed by atoms with Gasteiger partial charge in [-0.25, -0.2) is 0 Å². The zero-order chi connectivity index (χ0) is 13.2. The monoisotopic (exact) mass is 296 g/mol.